The van der Waals surface area contributed by atoms with Crippen LogP contribution >= 0.6 is 0 Å². The molecular weight excluding hydrogens is 595 g/mol. The zero-order chi connectivity index (χ0) is 34.1. The number of likely N-dealkylation sites (tertiary alicyclic amines) is 1. The molecule has 2 aliphatic carbocycles. The molecular formula is C34H53FN4O7. The van der Waals surface area contributed by atoms with E-state index in [1.54, 1.807) is 6.07 Å². The van der Waals surface area contributed by atoms with Crippen LogP contribution in [0.15, 0.2) is 12.1 Å². The van der Waals surface area contributed by atoms with Gasteiger partial charge in [-0.2, -0.15) is 0 Å². The van der Waals surface area contributed by atoms with Crippen LogP contribution in [0.25, 0.3) is 0 Å². The van der Waals surface area contributed by atoms with Crippen molar-refractivity contribution in [2.24, 2.45) is 11.8 Å². The highest BCUT2D eigenvalue weighted by molar-refractivity contribution is 5.89. The Morgan fingerprint density at radius 3 is 1.80 bits per heavy atom. The number of carbonyl (C=O) groups excluding carboxylic acids is 2. The molecule has 258 valence electrons. The number of carboxylic acid groups (broad SMARTS) is 1. The molecule has 2 saturated heterocycles. The lowest BCUT2D eigenvalue weighted by molar-refractivity contribution is 0.0464. The van der Waals surface area contributed by atoms with Gasteiger partial charge in [0.1, 0.15) is 11.2 Å². The normalized spacial score (nSPS) is 23.1. The van der Waals surface area contributed by atoms with E-state index in [1.807, 2.05) is 46.4 Å². The summed E-state index contributed by atoms with van der Waals surface area (Å²) in [6, 6.07) is 2.84. The van der Waals surface area contributed by atoms with E-state index >= 15 is 0 Å². The summed E-state index contributed by atoms with van der Waals surface area (Å²) in [4.78, 5) is 39.7. The van der Waals surface area contributed by atoms with Crippen molar-refractivity contribution in [3.05, 3.63) is 23.5 Å². The Hall–Kier alpha value is -3.28. The maximum absolute atomic E-state index is 14.5. The van der Waals surface area contributed by atoms with Crippen LogP contribution in [0.4, 0.5) is 19.7 Å². The summed E-state index contributed by atoms with van der Waals surface area (Å²) in [6.07, 6.45) is 5.34. The fourth-order valence-corrected chi connectivity index (χ4v) is 6.71. The van der Waals surface area contributed by atoms with Gasteiger partial charge < -0.3 is 39.8 Å². The fourth-order valence-electron chi connectivity index (χ4n) is 6.71. The summed E-state index contributed by atoms with van der Waals surface area (Å²) in [7, 11) is 1.33. The molecule has 2 heterocycles. The predicted octanol–water partition coefficient (Wildman–Crippen LogP) is 5.80. The highest BCUT2D eigenvalue weighted by atomic mass is 19.1. The molecule has 0 spiro atoms. The van der Waals surface area contributed by atoms with Gasteiger partial charge in [-0.1, -0.05) is 6.92 Å². The number of carboxylic acids is 1. The van der Waals surface area contributed by atoms with E-state index in [1.165, 1.54) is 26.1 Å². The topological polar surface area (TPSA) is 130 Å². The number of halogens is 1. The van der Waals surface area contributed by atoms with Crippen LogP contribution in [0, 0.1) is 17.7 Å². The first kappa shape index (κ1) is 35.6. The fraction of sp³-hybridized carbons (Fsp3) is 0.735. The maximum Gasteiger partial charge on any atom is 0.408 e. The number of nitrogens with one attached hydrogen (secondary N) is 2. The molecule has 3 N–H and O–H groups in total. The molecule has 2 aliphatic heterocycles. The van der Waals surface area contributed by atoms with Crippen molar-refractivity contribution in [1.82, 2.24) is 15.5 Å². The van der Waals surface area contributed by atoms with Crippen molar-refractivity contribution >= 4 is 23.8 Å². The third-order valence-corrected chi connectivity index (χ3v) is 9.40. The second-order valence-corrected chi connectivity index (χ2v) is 15.2. The number of carbonyl (C=O) groups is 3. The number of alkyl carbamates (subject to hydrolysis) is 2. The van der Waals surface area contributed by atoms with Gasteiger partial charge in [0, 0.05) is 36.6 Å². The Morgan fingerprint density at radius 2 is 1.39 bits per heavy atom. The highest BCUT2D eigenvalue weighted by Gasteiger charge is 2.54. The van der Waals surface area contributed by atoms with Crippen LogP contribution in [0.1, 0.15) is 97.3 Å². The molecule has 4 fully saturated rings. The van der Waals surface area contributed by atoms with Crippen molar-refractivity contribution in [3.63, 3.8) is 0 Å². The SMILES string of the molecule is CCN1CC[C@@H](C2(NC(=O)OC(C)(C)C)CC2)C1.COc1c(N2CC[C@@H](C3(NC(=O)OC(C)(C)C)CC3)C2)ccc(C(=O)O)c1F. The molecule has 2 saturated carbocycles. The number of methoxy groups -OCH3 is 1. The number of nitrogens with zero attached hydrogens (tertiary/aromatic N) is 2. The first-order valence-corrected chi connectivity index (χ1v) is 16.5. The second-order valence-electron chi connectivity index (χ2n) is 15.2. The first-order chi connectivity index (χ1) is 21.4. The molecule has 2 atom stereocenters. The molecule has 1 aromatic rings. The Kier molecular flexibility index (Phi) is 10.4. The molecule has 1 aromatic carbocycles. The Bertz CT molecular complexity index is 1280. The van der Waals surface area contributed by atoms with Crippen molar-refractivity contribution in [2.45, 2.75) is 109 Å². The zero-order valence-corrected chi connectivity index (χ0v) is 28.8. The lowest BCUT2D eigenvalue weighted by atomic mass is 9.96. The standard InChI is InChI=1S/C20H27FN2O5.C14H26N2O2/c1-19(2,3)28-18(26)22-20(8-9-20)12-7-10-23(11-12)14-6-5-13(17(24)25)15(21)16(14)27-4;1-5-16-9-6-11(10-16)14(7-8-14)15-12(17)18-13(2,3)4/h5-6,12H,7-11H2,1-4H3,(H,22,26)(H,24,25);11H,5-10H2,1-4H3,(H,15,17)/t12-;11-/m11/s1. The highest BCUT2D eigenvalue weighted by Crippen LogP contribution is 2.48. The minimum atomic E-state index is -1.33. The van der Waals surface area contributed by atoms with Crippen molar-refractivity contribution in [3.8, 4) is 5.75 Å². The third kappa shape index (κ3) is 8.74. The van der Waals surface area contributed by atoms with Crippen molar-refractivity contribution < 1.29 is 38.1 Å². The largest absolute Gasteiger partial charge is 0.492 e. The minimum absolute atomic E-state index is 0.0340. The molecule has 46 heavy (non-hydrogen) atoms. The van der Waals surface area contributed by atoms with Gasteiger partial charge in [0.2, 0.25) is 0 Å². The van der Waals surface area contributed by atoms with Gasteiger partial charge in [0.25, 0.3) is 0 Å². The number of amides is 2. The van der Waals surface area contributed by atoms with Gasteiger partial charge in [-0.3, -0.25) is 0 Å². The van der Waals surface area contributed by atoms with Crippen molar-refractivity contribution in [1.29, 1.82) is 0 Å². The van der Waals surface area contributed by atoms with Crippen LogP contribution < -0.4 is 20.3 Å². The van der Waals surface area contributed by atoms with E-state index in [0.717, 1.165) is 45.2 Å². The summed E-state index contributed by atoms with van der Waals surface area (Å²) >= 11 is 0. The lowest BCUT2D eigenvalue weighted by Gasteiger charge is -2.28. The van der Waals surface area contributed by atoms with Crippen LogP contribution in [0.5, 0.6) is 5.75 Å². The average Bonchev–Trinajstić information content (AvgIpc) is 3.75. The molecule has 12 heteroatoms. The predicted molar refractivity (Wildman–Crippen MR) is 173 cm³/mol. The molecule has 0 aromatic heterocycles. The Labute approximate surface area is 272 Å². The lowest BCUT2D eigenvalue weighted by Crippen LogP contribution is -2.45. The summed E-state index contributed by atoms with van der Waals surface area (Å²) in [5.74, 6) is -1.47. The quantitative estimate of drug-likeness (QED) is 0.320. The average molecular weight is 649 g/mol. The number of anilines is 1. The van der Waals surface area contributed by atoms with Gasteiger partial charge in [0.15, 0.2) is 11.6 Å². The van der Waals surface area contributed by atoms with Gasteiger partial charge in [0.05, 0.1) is 18.4 Å². The number of rotatable bonds is 8. The molecule has 2 amide bonds. The van der Waals surface area contributed by atoms with Gasteiger partial charge in [-0.15, -0.1) is 0 Å². The van der Waals surface area contributed by atoms with E-state index in [2.05, 4.69) is 22.5 Å². The number of hydrogen-bond acceptors (Lipinski definition) is 8. The number of ether oxygens (including phenoxy) is 3. The summed E-state index contributed by atoms with van der Waals surface area (Å²) in [6.45, 7) is 18.1. The van der Waals surface area contributed by atoms with Gasteiger partial charge in [-0.05, 0) is 111 Å². The molecule has 11 nitrogen and oxygen atoms in total. The summed E-state index contributed by atoms with van der Waals surface area (Å²) in [5.41, 5.74) is -1.11. The molecule has 0 unspecified atom stereocenters. The summed E-state index contributed by atoms with van der Waals surface area (Å²) < 4.78 is 30.4. The minimum Gasteiger partial charge on any atom is -0.492 e. The van der Waals surface area contributed by atoms with Crippen molar-refractivity contribution in [2.75, 3.05) is 44.7 Å². The molecule has 0 bridgehead atoms. The van der Waals surface area contributed by atoms with E-state index in [-0.39, 0.29) is 28.8 Å². The van der Waals surface area contributed by atoms with Crippen LogP contribution in [-0.4, -0.2) is 90.3 Å². The van der Waals surface area contributed by atoms with Crippen LogP contribution in [0.3, 0.4) is 0 Å². The second kappa shape index (κ2) is 13.4. The first-order valence-electron chi connectivity index (χ1n) is 16.5. The summed E-state index contributed by atoms with van der Waals surface area (Å²) in [5, 5.41) is 15.3. The zero-order valence-electron chi connectivity index (χ0n) is 28.8. The van der Waals surface area contributed by atoms with E-state index < -0.39 is 34.6 Å². The third-order valence-electron chi connectivity index (χ3n) is 9.40. The number of benzene rings is 1. The molecule has 0 radical (unpaired) electrons. The van der Waals surface area contributed by atoms with Gasteiger partial charge >= 0.3 is 18.2 Å². The number of aromatic carboxylic acids is 1. The Morgan fingerprint density at radius 1 is 0.891 bits per heavy atom. The number of hydrogen-bond donors (Lipinski definition) is 3. The van der Waals surface area contributed by atoms with E-state index in [4.69, 9.17) is 19.3 Å². The molecule has 5 rings (SSSR count). The van der Waals surface area contributed by atoms with Crippen LogP contribution in [-0.2, 0) is 9.47 Å². The van der Waals surface area contributed by atoms with Crippen LogP contribution in [0.2, 0.25) is 0 Å². The van der Waals surface area contributed by atoms with E-state index in [9.17, 15) is 18.8 Å². The monoisotopic (exact) mass is 648 g/mol. The maximum atomic E-state index is 14.5. The Balaban J connectivity index is 0.000000230. The van der Waals surface area contributed by atoms with Gasteiger partial charge in [-0.25, -0.2) is 18.8 Å². The van der Waals surface area contributed by atoms with E-state index in [0.29, 0.717) is 24.7 Å². The molecule has 4 aliphatic rings. The smallest absolute Gasteiger partial charge is 0.408 e.